The highest BCUT2D eigenvalue weighted by atomic mass is 16.9. The van der Waals surface area contributed by atoms with E-state index in [1.807, 2.05) is 6.92 Å². The molecule has 4 nitrogen and oxygen atoms in total. The normalized spacial score (nSPS) is 33.2. The van der Waals surface area contributed by atoms with Gasteiger partial charge in [0.05, 0.1) is 6.10 Å². The number of hydrogen-bond acceptors (Lipinski definition) is 4. The van der Waals surface area contributed by atoms with Crippen molar-refractivity contribution in [2.24, 2.45) is 0 Å². The molecule has 0 aromatic rings. The zero-order valence-corrected chi connectivity index (χ0v) is 8.70. The summed E-state index contributed by atoms with van der Waals surface area (Å²) in [5.41, 5.74) is 0. The Kier molecular flexibility index (Phi) is 3.67. The molecule has 1 aliphatic heterocycles. The van der Waals surface area contributed by atoms with Crippen molar-refractivity contribution in [3.8, 4) is 0 Å². The van der Waals surface area contributed by atoms with Gasteiger partial charge >= 0.3 is 5.97 Å². The fourth-order valence-electron chi connectivity index (χ4n) is 1.68. The van der Waals surface area contributed by atoms with Crippen LogP contribution < -0.4 is 0 Å². The molecule has 0 aromatic carbocycles. The van der Waals surface area contributed by atoms with Gasteiger partial charge < -0.3 is 18.9 Å². The molecule has 1 rings (SSSR count). The maximum Gasteiger partial charge on any atom is 0.310 e. The monoisotopic (exact) mass is 190 g/mol. The van der Waals surface area contributed by atoms with Gasteiger partial charge in [0.25, 0.3) is 0 Å². The van der Waals surface area contributed by atoms with E-state index in [0.29, 0.717) is 0 Å². The summed E-state index contributed by atoms with van der Waals surface area (Å²) in [6, 6.07) is 0. The maximum absolute atomic E-state index is 5.61. The lowest BCUT2D eigenvalue weighted by atomic mass is 10.1. The van der Waals surface area contributed by atoms with Crippen LogP contribution in [0.3, 0.4) is 0 Å². The van der Waals surface area contributed by atoms with Gasteiger partial charge in [-0.05, 0) is 19.8 Å². The topological polar surface area (TPSA) is 36.9 Å². The minimum atomic E-state index is -1.02. The Hall–Kier alpha value is -0.160. The van der Waals surface area contributed by atoms with Crippen molar-refractivity contribution in [1.82, 2.24) is 0 Å². The van der Waals surface area contributed by atoms with Gasteiger partial charge in [-0.15, -0.1) is 0 Å². The van der Waals surface area contributed by atoms with E-state index in [-0.39, 0.29) is 12.2 Å². The third-order valence-electron chi connectivity index (χ3n) is 2.45. The van der Waals surface area contributed by atoms with Gasteiger partial charge in [0.2, 0.25) is 0 Å². The van der Waals surface area contributed by atoms with Crippen LogP contribution in [0.2, 0.25) is 0 Å². The molecular formula is C9H18O4. The molecule has 13 heavy (non-hydrogen) atoms. The second-order valence-electron chi connectivity index (χ2n) is 3.24. The van der Waals surface area contributed by atoms with E-state index in [1.54, 1.807) is 21.3 Å². The van der Waals surface area contributed by atoms with E-state index in [9.17, 15) is 0 Å². The van der Waals surface area contributed by atoms with Crippen LogP contribution in [0, 0.1) is 0 Å². The van der Waals surface area contributed by atoms with E-state index in [4.69, 9.17) is 18.9 Å². The lowest BCUT2D eigenvalue weighted by Gasteiger charge is -2.42. The Morgan fingerprint density at radius 3 is 2.23 bits per heavy atom. The lowest BCUT2D eigenvalue weighted by molar-refractivity contribution is -0.424. The van der Waals surface area contributed by atoms with Crippen LogP contribution in [0.15, 0.2) is 0 Å². The van der Waals surface area contributed by atoms with Gasteiger partial charge in [0, 0.05) is 21.3 Å². The van der Waals surface area contributed by atoms with Crippen molar-refractivity contribution >= 4 is 0 Å². The molecule has 0 saturated carbocycles. The summed E-state index contributed by atoms with van der Waals surface area (Å²) in [7, 11) is 4.76. The highest BCUT2D eigenvalue weighted by Gasteiger charge is 2.46. The molecule has 1 heterocycles. The molecule has 0 spiro atoms. The maximum atomic E-state index is 5.61. The van der Waals surface area contributed by atoms with Crippen molar-refractivity contribution in [2.45, 2.75) is 37.9 Å². The molecule has 0 amide bonds. The fourth-order valence-corrected chi connectivity index (χ4v) is 1.68. The molecule has 0 aliphatic carbocycles. The summed E-state index contributed by atoms with van der Waals surface area (Å²) in [4.78, 5) is 0. The smallest absolute Gasteiger partial charge is 0.310 e. The van der Waals surface area contributed by atoms with Crippen molar-refractivity contribution in [2.75, 3.05) is 21.3 Å². The molecule has 78 valence electrons. The van der Waals surface area contributed by atoms with Crippen molar-refractivity contribution in [1.29, 1.82) is 0 Å². The Bertz CT molecular complexity index is 156. The number of hydrogen-bond donors (Lipinski definition) is 0. The summed E-state index contributed by atoms with van der Waals surface area (Å²) in [6.07, 6.45) is 1.84. The van der Waals surface area contributed by atoms with Crippen LogP contribution in [0.1, 0.15) is 19.8 Å². The van der Waals surface area contributed by atoms with Crippen molar-refractivity contribution in [3.63, 3.8) is 0 Å². The van der Waals surface area contributed by atoms with Gasteiger partial charge in [-0.25, -0.2) is 0 Å². The second-order valence-corrected chi connectivity index (χ2v) is 3.24. The van der Waals surface area contributed by atoms with Crippen molar-refractivity contribution < 1.29 is 18.9 Å². The molecule has 4 heteroatoms. The van der Waals surface area contributed by atoms with Crippen LogP contribution in [-0.4, -0.2) is 39.5 Å². The van der Waals surface area contributed by atoms with Gasteiger partial charge in [0.1, 0.15) is 6.10 Å². The Labute approximate surface area is 79.1 Å². The lowest BCUT2D eigenvalue weighted by Crippen LogP contribution is -2.54. The molecule has 2 atom stereocenters. The van der Waals surface area contributed by atoms with Crippen LogP contribution in [-0.2, 0) is 18.9 Å². The predicted octanol–water partition coefficient (Wildman–Crippen LogP) is 1.15. The standard InChI is InChI=1S/C9H18O4/c1-7-5-6-8(10-2)9(11-3,12-4)13-7/h7-8H,5-6H2,1-4H3. The first kappa shape index (κ1) is 10.9. The Balaban J connectivity index is 2.73. The molecule has 1 saturated heterocycles. The van der Waals surface area contributed by atoms with Gasteiger partial charge in [-0.3, -0.25) is 0 Å². The van der Waals surface area contributed by atoms with Crippen LogP contribution in [0.4, 0.5) is 0 Å². The second kappa shape index (κ2) is 4.37. The van der Waals surface area contributed by atoms with E-state index in [2.05, 4.69) is 0 Å². The summed E-state index contributed by atoms with van der Waals surface area (Å²) in [5, 5.41) is 0. The van der Waals surface area contributed by atoms with E-state index in [1.165, 1.54) is 0 Å². The number of ether oxygens (including phenoxy) is 4. The third kappa shape index (κ3) is 2.02. The van der Waals surface area contributed by atoms with E-state index in [0.717, 1.165) is 12.8 Å². The fraction of sp³-hybridized carbons (Fsp3) is 1.00. The van der Waals surface area contributed by atoms with Gasteiger partial charge in [-0.1, -0.05) is 0 Å². The molecule has 0 N–H and O–H groups in total. The Morgan fingerprint density at radius 1 is 1.15 bits per heavy atom. The highest BCUT2D eigenvalue weighted by Crippen LogP contribution is 2.32. The summed E-state index contributed by atoms with van der Waals surface area (Å²) in [5.74, 6) is -1.02. The third-order valence-corrected chi connectivity index (χ3v) is 2.45. The summed E-state index contributed by atoms with van der Waals surface area (Å²) in [6.45, 7) is 2.00. The molecular weight excluding hydrogens is 172 g/mol. The molecule has 1 fully saturated rings. The predicted molar refractivity (Wildman–Crippen MR) is 47.3 cm³/mol. The van der Waals surface area contributed by atoms with Crippen molar-refractivity contribution in [3.05, 3.63) is 0 Å². The average molecular weight is 190 g/mol. The first-order chi connectivity index (χ1) is 6.18. The molecule has 0 radical (unpaired) electrons. The van der Waals surface area contributed by atoms with Crippen LogP contribution in [0.25, 0.3) is 0 Å². The summed E-state index contributed by atoms with van der Waals surface area (Å²) < 4.78 is 21.3. The average Bonchev–Trinajstić information content (AvgIpc) is 2.17. The minimum absolute atomic E-state index is 0.145. The number of rotatable bonds is 3. The zero-order valence-electron chi connectivity index (χ0n) is 8.70. The van der Waals surface area contributed by atoms with Gasteiger partial charge in [0.15, 0.2) is 0 Å². The molecule has 0 bridgehead atoms. The zero-order chi connectivity index (χ0) is 9.90. The van der Waals surface area contributed by atoms with Crippen LogP contribution in [0.5, 0.6) is 0 Å². The van der Waals surface area contributed by atoms with E-state index >= 15 is 0 Å². The first-order valence-electron chi connectivity index (χ1n) is 4.49. The van der Waals surface area contributed by atoms with E-state index < -0.39 is 5.97 Å². The van der Waals surface area contributed by atoms with Gasteiger partial charge in [-0.2, -0.15) is 0 Å². The molecule has 2 unspecified atom stereocenters. The largest absolute Gasteiger partial charge is 0.373 e. The SMILES string of the molecule is COC1CCC(C)OC1(OC)OC. The molecule has 1 aliphatic rings. The summed E-state index contributed by atoms with van der Waals surface area (Å²) >= 11 is 0. The van der Waals surface area contributed by atoms with Crippen LogP contribution >= 0.6 is 0 Å². The Morgan fingerprint density at radius 2 is 1.77 bits per heavy atom. The quantitative estimate of drug-likeness (QED) is 0.625. The number of methoxy groups -OCH3 is 3. The highest BCUT2D eigenvalue weighted by molar-refractivity contribution is 4.78. The molecule has 0 aromatic heterocycles. The minimum Gasteiger partial charge on any atom is -0.373 e. The first-order valence-corrected chi connectivity index (χ1v) is 4.49.